The number of carbonyl (C=O) groups is 1. The van der Waals surface area contributed by atoms with Crippen LogP contribution in [0.15, 0.2) is 24.3 Å². The van der Waals surface area contributed by atoms with Crippen molar-refractivity contribution in [2.24, 2.45) is 5.73 Å². The Hall–Kier alpha value is -1.55. The highest BCUT2D eigenvalue weighted by atomic mass is 16.1. The Kier molecular flexibility index (Phi) is 4.20. The van der Waals surface area contributed by atoms with Crippen molar-refractivity contribution in [3.05, 3.63) is 29.8 Å². The van der Waals surface area contributed by atoms with E-state index < -0.39 is 0 Å². The number of benzene rings is 1. The van der Waals surface area contributed by atoms with Crippen LogP contribution < -0.4 is 16.8 Å². The lowest BCUT2D eigenvalue weighted by molar-refractivity contribution is -0.121. The van der Waals surface area contributed by atoms with Crippen LogP contribution in [0.2, 0.25) is 0 Å². The van der Waals surface area contributed by atoms with Gasteiger partial charge in [-0.05, 0) is 43.4 Å². The molecular weight excluding hydrogens is 226 g/mol. The summed E-state index contributed by atoms with van der Waals surface area (Å²) in [6.45, 7) is 0. The van der Waals surface area contributed by atoms with Crippen LogP contribution in [0.25, 0.3) is 0 Å². The zero-order valence-corrected chi connectivity index (χ0v) is 10.6. The van der Waals surface area contributed by atoms with Gasteiger partial charge in [0.1, 0.15) is 0 Å². The number of nitrogens with two attached hydrogens (primary N) is 2. The molecule has 0 atom stereocenters. The third kappa shape index (κ3) is 3.74. The molecule has 0 unspecified atom stereocenters. The number of hydrogen-bond acceptors (Lipinski definition) is 3. The largest absolute Gasteiger partial charge is 0.399 e. The van der Waals surface area contributed by atoms with Crippen LogP contribution in [-0.4, -0.2) is 18.0 Å². The third-order valence-corrected chi connectivity index (χ3v) is 3.45. The van der Waals surface area contributed by atoms with Gasteiger partial charge in [-0.1, -0.05) is 12.1 Å². The maximum Gasteiger partial charge on any atom is 0.224 e. The van der Waals surface area contributed by atoms with E-state index in [0.29, 0.717) is 24.2 Å². The van der Waals surface area contributed by atoms with Gasteiger partial charge in [-0.3, -0.25) is 4.79 Å². The summed E-state index contributed by atoms with van der Waals surface area (Å²) < 4.78 is 0. The lowest BCUT2D eigenvalue weighted by Crippen LogP contribution is -2.41. The number of rotatable bonds is 3. The molecule has 0 aromatic heterocycles. The predicted octanol–water partition coefficient (Wildman–Crippen LogP) is 1.20. The van der Waals surface area contributed by atoms with E-state index in [2.05, 4.69) is 5.32 Å². The van der Waals surface area contributed by atoms with E-state index in [4.69, 9.17) is 11.5 Å². The molecule has 1 aliphatic carbocycles. The fraction of sp³-hybridized carbons (Fsp3) is 0.500. The summed E-state index contributed by atoms with van der Waals surface area (Å²) in [6, 6.07) is 8.07. The Morgan fingerprint density at radius 1 is 1.28 bits per heavy atom. The van der Waals surface area contributed by atoms with Gasteiger partial charge in [0.25, 0.3) is 0 Å². The molecule has 0 radical (unpaired) electrons. The second-order valence-electron chi connectivity index (χ2n) is 5.10. The van der Waals surface area contributed by atoms with E-state index in [1.54, 1.807) is 0 Å². The molecule has 0 saturated heterocycles. The van der Waals surface area contributed by atoms with Crippen molar-refractivity contribution in [2.45, 2.75) is 44.2 Å². The normalized spacial score (nSPS) is 23.6. The number of nitrogen functional groups attached to an aromatic ring is 1. The van der Waals surface area contributed by atoms with Gasteiger partial charge < -0.3 is 16.8 Å². The van der Waals surface area contributed by atoms with Crippen molar-refractivity contribution in [3.8, 4) is 0 Å². The average Bonchev–Trinajstić information content (AvgIpc) is 2.32. The van der Waals surface area contributed by atoms with E-state index in [0.717, 1.165) is 31.2 Å². The van der Waals surface area contributed by atoms with Gasteiger partial charge in [-0.25, -0.2) is 0 Å². The third-order valence-electron chi connectivity index (χ3n) is 3.45. The summed E-state index contributed by atoms with van der Waals surface area (Å²) in [5.74, 6) is 0.0704. The summed E-state index contributed by atoms with van der Waals surface area (Å²) in [5.41, 5.74) is 13.2. The molecule has 1 amide bonds. The molecule has 18 heavy (non-hydrogen) atoms. The van der Waals surface area contributed by atoms with Gasteiger partial charge in [0.2, 0.25) is 5.91 Å². The molecule has 98 valence electrons. The Balaban J connectivity index is 1.82. The van der Waals surface area contributed by atoms with Crippen molar-refractivity contribution < 1.29 is 4.79 Å². The zero-order chi connectivity index (χ0) is 13.0. The maximum absolute atomic E-state index is 11.9. The lowest BCUT2D eigenvalue weighted by atomic mass is 9.91. The van der Waals surface area contributed by atoms with Gasteiger partial charge in [0, 0.05) is 17.8 Å². The molecule has 5 N–H and O–H groups in total. The van der Waals surface area contributed by atoms with Crippen LogP contribution in [-0.2, 0) is 11.2 Å². The van der Waals surface area contributed by atoms with Crippen LogP contribution in [0.1, 0.15) is 31.2 Å². The summed E-state index contributed by atoms with van der Waals surface area (Å²) in [7, 11) is 0. The van der Waals surface area contributed by atoms with E-state index in [9.17, 15) is 4.79 Å². The first-order valence-corrected chi connectivity index (χ1v) is 6.53. The van der Waals surface area contributed by atoms with E-state index in [1.807, 2.05) is 24.3 Å². The molecule has 0 aliphatic heterocycles. The molecule has 0 spiro atoms. The van der Waals surface area contributed by atoms with E-state index in [1.165, 1.54) is 0 Å². The van der Waals surface area contributed by atoms with E-state index in [-0.39, 0.29) is 5.91 Å². The maximum atomic E-state index is 11.9. The zero-order valence-electron chi connectivity index (χ0n) is 10.6. The first kappa shape index (κ1) is 12.9. The number of nitrogens with one attached hydrogen (secondary N) is 1. The van der Waals surface area contributed by atoms with Gasteiger partial charge in [0.05, 0.1) is 6.42 Å². The first-order valence-electron chi connectivity index (χ1n) is 6.53. The van der Waals surface area contributed by atoms with Gasteiger partial charge in [-0.2, -0.15) is 0 Å². The Morgan fingerprint density at radius 2 is 2.00 bits per heavy atom. The quantitative estimate of drug-likeness (QED) is 0.702. The second-order valence-corrected chi connectivity index (χ2v) is 5.10. The van der Waals surface area contributed by atoms with Crippen LogP contribution in [0.5, 0.6) is 0 Å². The fourth-order valence-corrected chi connectivity index (χ4v) is 2.43. The Labute approximate surface area is 108 Å². The minimum absolute atomic E-state index is 0.0704. The molecule has 0 bridgehead atoms. The smallest absolute Gasteiger partial charge is 0.224 e. The molecule has 1 aromatic rings. The lowest BCUT2D eigenvalue weighted by Gasteiger charge is -2.26. The number of amides is 1. The minimum atomic E-state index is 0.0704. The number of carbonyl (C=O) groups excluding carboxylic acids is 1. The van der Waals surface area contributed by atoms with Crippen LogP contribution in [0.3, 0.4) is 0 Å². The Bertz CT molecular complexity index is 411. The van der Waals surface area contributed by atoms with E-state index >= 15 is 0 Å². The Morgan fingerprint density at radius 3 is 2.67 bits per heavy atom. The summed E-state index contributed by atoms with van der Waals surface area (Å²) in [6.07, 6.45) is 4.38. The molecule has 4 heteroatoms. The van der Waals surface area contributed by atoms with Crippen LogP contribution in [0, 0.1) is 0 Å². The van der Waals surface area contributed by atoms with Gasteiger partial charge in [0.15, 0.2) is 0 Å². The van der Waals surface area contributed by atoms with Crippen LogP contribution >= 0.6 is 0 Å². The fourth-order valence-electron chi connectivity index (χ4n) is 2.43. The van der Waals surface area contributed by atoms with Crippen molar-refractivity contribution in [2.75, 3.05) is 5.73 Å². The molecule has 2 rings (SSSR count). The highest BCUT2D eigenvalue weighted by Crippen LogP contribution is 2.17. The molecule has 1 aromatic carbocycles. The number of hydrogen-bond donors (Lipinski definition) is 3. The topological polar surface area (TPSA) is 81.1 Å². The van der Waals surface area contributed by atoms with Crippen molar-refractivity contribution in [3.63, 3.8) is 0 Å². The van der Waals surface area contributed by atoms with Crippen molar-refractivity contribution in [1.29, 1.82) is 0 Å². The number of anilines is 1. The monoisotopic (exact) mass is 247 g/mol. The van der Waals surface area contributed by atoms with Gasteiger partial charge in [-0.15, -0.1) is 0 Å². The standard InChI is InChI=1S/C14H21N3O/c15-11-4-6-13(7-5-11)17-14(18)9-10-2-1-3-12(16)8-10/h1-3,8,11,13H,4-7,9,15-16H2,(H,17,18). The molecule has 1 fully saturated rings. The van der Waals surface area contributed by atoms with Gasteiger partial charge >= 0.3 is 0 Å². The summed E-state index contributed by atoms with van der Waals surface area (Å²) in [4.78, 5) is 11.9. The minimum Gasteiger partial charge on any atom is -0.399 e. The highest BCUT2D eigenvalue weighted by Gasteiger charge is 2.19. The molecule has 4 nitrogen and oxygen atoms in total. The molecule has 1 aliphatic rings. The molecule has 0 heterocycles. The second kappa shape index (κ2) is 5.87. The SMILES string of the molecule is Nc1cccc(CC(=O)NC2CCC(N)CC2)c1. The first-order chi connectivity index (χ1) is 8.63. The summed E-state index contributed by atoms with van der Waals surface area (Å²) in [5, 5.41) is 3.07. The average molecular weight is 247 g/mol. The summed E-state index contributed by atoms with van der Waals surface area (Å²) >= 11 is 0. The van der Waals surface area contributed by atoms with Crippen LogP contribution in [0.4, 0.5) is 5.69 Å². The van der Waals surface area contributed by atoms with Crippen molar-refractivity contribution in [1.82, 2.24) is 5.32 Å². The molecule has 1 saturated carbocycles. The van der Waals surface area contributed by atoms with Crippen molar-refractivity contribution >= 4 is 11.6 Å². The highest BCUT2D eigenvalue weighted by molar-refractivity contribution is 5.79. The molecular formula is C14H21N3O. The predicted molar refractivity (Wildman–Crippen MR) is 72.9 cm³/mol.